The van der Waals surface area contributed by atoms with Crippen LogP contribution in [-0.4, -0.2) is 33.9 Å². The zero-order valence-corrected chi connectivity index (χ0v) is 15.9. The van der Waals surface area contributed by atoms with Crippen LogP contribution in [0.3, 0.4) is 0 Å². The molecule has 1 atom stereocenters. The van der Waals surface area contributed by atoms with E-state index in [4.69, 9.17) is 14.2 Å². The van der Waals surface area contributed by atoms with E-state index in [1.54, 1.807) is 30.3 Å². The Balaban J connectivity index is 2.07. The fourth-order valence-electron chi connectivity index (χ4n) is 2.75. The molecule has 1 amide bonds. The standard InChI is InChI=1S/C20H18N2O7/c1-11(23)22-20(29-19(21-22)14-7-4-5-9-16(14)26)15-8-6-10-17(27-12(2)24)18(15)28-13(3)25/h4-10,20,26H,1-3H3/t20-/m0/s1. The molecule has 1 heterocycles. The van der Waals surface area contributed by atoms with E-state index in [1.807, 2.05) is 0 Å². The number of hydrogen-bond donors (Lipinski definition) is 1. The van der Waals surface area contributed by atoms with Crippen molar-refractivity contribution in [2.45, 2.75) is 27.0 Å². The second kappa shape index (κ2) is 8.01. The summed E-state index contributed by atoms with van der Waals surface area (Å²) in [6, 6.07) is 10.9. The lowest BCUT2D eigenvalue weighted by Gasteiger charge is -2.22. The van der Waals surface area contributed by atoms with Crippen LogP contribution in [0, 0.1) is 0 Å². The number of hydrogen-bond acceptors (Lipinski definition) is 8. The number of phenolic OH excluding ortho intramolecular Hbond substituents is 1. The van der Waals surface area contributed by atoms with Crippen molar-refractivity contribution in [1.29, 1.82) is 0 Å². The van der Waals surface area contributed by atoms with Crippen molar-refractivity contribution in [3.63, 3.8) is 0 Å². The van der Waals surface area contributed by atoms with Crippen molar-refractivity contribution in [2.75, 3.05) is 0 Å². The molecule has 0 aliphatic carbocycles. The van der Waals surface area contributed by atoms with Crippen molar-refractivity contribution in [2.24, 2.45) is 5.10 Å². The quantitative estimate of drug-likeness (QED) is 0.621. The molecule has 2 aromatic rings. The molecule has 0 aromatic heterocycles. The highest BCUT2D eigenvalue weighted by atomic mass is 16.6. The Morgan fingerprint density at radius 2 is 1.69 bits per heavy atom. The Labute approximate surface area is 166 Å². The predicted octanol–water partition coefficient (Wildman–Crippen LogP) is 2.48. The largest absolute Gasteiger partial charge is 0.507 e. The van der Waals surface area contributed by atoms with Gasteiger partial charge in [-0.25, -0.2) is 0 Å². The number of benzene rings is 2. The normalized spacial score (nSPS) is 15.3. The van der Waals surface area contributed by atoms with Crippen LogP contribution in [-0.2, 0) is 19.1 Å². The van der Waals surface area contributed by atoms with Gasteiger partial charge in [0.15, 0.2) is 11.5 Å². The van der Waals surface area contributed by atoms with E-state index in [0.717, 1.165) is 5.01 Å². The van der Waals surface area contributed by atoms with Crippen LogP contribution in [0.5, 0.6) is 17.2 Å². The SMILES string of the molecule is CC(=O)Oc1cccc([C@@H]2OC(c3ccccc3O)=NN2C(C)=O)c1OC(C)=O. The van der Waals surface area contributed by atoms with Gasteiger partial charge in [-0.15, -0.1) is 5.10 Å². The highest BCUT2D eigenvalue weighted by Crippen LogP contribution is 2.41. The molecule has 0 radical (unpaired) electrons. The summed E-state index contributed by atoms with van der Waals surface area (Å²) in [6.07, 6.45) is -1.10. The van der Waals surface area contributed by atoms with Crippen LogP contribution in [0.25, 0.3) is 0 Å². The van der Waals surface area contributed by atoms with E-state index in [9.17, 15) is 19.5 Å². The molecule has 1 aliphatic heterocycles. The van der Waals surface area contributed by atoms with Crippen LogP contribution in [0.4, 0.5) is 0 Å². The zero-order valence-electron chi connectivity index (χ0n) is 15.9. The molecule has 29 heavy (non-hydrogen) atoms. The number of nitrogens with zero attached hydrogens (tertiary/aromatic N) is 2. The summed E-state index contributed by atoms with van der Waals surface area (Å²) < 4.78 is 16.2. The number of carbonyl (C=O) groups excluding carboxylic acids is 3. The Kier molecular flexibility index (Phi) is 5.49. The van der Waals surface area contributed by atoms with Gasteiger partial charge in [0, 0.05) is 20.8 Å². The van der Waals surface area contributed by atoms with Crippen LogP contribution in [0.1, 0.15) is 38.1 Å². The fourth-order valence-corrected chi connectivity index (χ4v) is 2.75. The van der Waals surface area contributed by atoms with Crippen molar-refractivity contribution >= 4 is 23.7 Å². The molecule has 9 nitrogen and oxygen atoms in total. The van der Waals surface area contributed by atoms with Crippen LogP contribution >= 0.6 is 0 Å². The molecule has 1 N–H and O–H groups in total. The van der Waals surface area contributed by atoms with Gasteiger partial charge in [0.1, 0.15) is 5.75 Å². The molecule has 0 saturated carbocycles. The Morgan fingerprint density at radius 1 is 1.00 bits per heavy atom. The number of hydrazone groups is 1. The molecular weight excluding hydrogens is 380 g/mol. The highest BCUT2D eigenvalue weighted by molar-refractivity contribution is 5.98. The van der Waals surface area contributed by atoms with Crippen molar-refractivity contribution in [3.8, 4) is 17.2 Å². The zero-order chi connectivity index (χ0) is 21.1. The smallest absolute Gasteiger partial charge is 0.308 e. The number of esters is 2. The second-order valence-electron chi connectivity index (χ2n) is 6.12. The summed E-state index contributed by atoms with van der Waals surface area (Å²) >= 11 is 0. The van der Waals surface area contributed by atoms with E-state index in [1.165, 1.54) is 32.9 Å². The second-order valence-corrected chi connectivity index (χ2v) is 6.12. The summed E-state index contributed by atoms with van der Waals surface area (Å²) in [4.78, 5) is 35.2. The maximum atomic E-state index is 12.2. The minimum Gasteiger partial charge on any atom is -0.507 e. The first-order chi connectivity index (χ1) is 13.8. The van der Waals surface area contributed by atoms with Gasteiger partial charge in [-0.1, -0.05) is 18.2 Å². The minimum atomic E-state index is -1.10. The van der Waals surface area contributed by atoms with Gasteiger partial charge in [-0.05, 0) is 24.3 Å². The van der Waals surface area contributed by atoms with E-state index >= 15 is 0 Å². The van der Waals surface area contributed by atoms with Gasteiger partial charge in [0.2, 0.25) is 18.0 Å². The van der Waals surface area contributed by atoms with E-state index in [0.29, 0.717) is 0 Å². The van der Waals surface area contributed by atoms with E-state index in [2.05, 4.69) is 5.10 Å². The van der Waals surface area contributed by atoms with Crippen LogP contribution in [0.2, 0.25) is 0 Å². The van der Waals surface area contributed by atoms with Crippen LogP contribution < -0.4 is 9.47 Å². The molecule has 3 rings (SSSR count). The molecule has 0 bridgehead atoms. The Hall–Kier alpha value is -3.88. The van der Waals surface area contributed by atoms with E-state index < -0.39 is 24.1 Å². The number of aromatic hydroxyl groups is 1. The van der Waals surface area contributed by atoms with Gasteiger partial charge in [-0.2, -0.15) is 5.01 Å². The lowest BCUT2D eigenvalue weighted by Crippen LogP contribution is -2.26. The van der Waals surface area contributed by atoms with Gasteiger partial charge in [0.25, 0.3) is 0 Å². The lowest BCUT2D eigenvalue weighted by molar-refractivity contribution is -0.136. The van der Waals surface area contributed by atoms with Gasteiger partial charge >= 0.3 is 11.9 Å². The van der Waals surface area contributed by atoms with E-state index in [-0.39, 0.29) is 34.3 Å². The molecule has 9 heteroatoms. The molecule has 0 fully saturated rings. The van der Waals surface area contributed by atoms with Crippen molar-refractivity contribution < 1.29 is 33.7 Å². The van der Waals surface area contributed by atoms with Crippen LogP contribution in [0.15, 0.2) is 47.6 Å². The molecule has 0 spiro atoms. The van der Waals surface area contributed by atoms with Gasteiger partial charge in [-0.3, -0.25) is 14.4 Å². The topological polar surface area (TPSA) is 115 Å². The maximum absolute atomic E-state index is 12.2. The average molecular weight is 398 g/mol. The summed E-state index contributed by atoms with van der Waals surface area (Å²) in [7, 11) is 0. The summed E-state index contributed by atoms with van der Waals surface area (Å²) in [5.74, 6) is -1.86. The van der Waals surface area contributed by atoms with Gasteiger partial charge in [0.05, 0.1) is 11.1 Å². The first kappa shape index (κ1) is 19.9. The molecule has 2 aromatic carbocycles. The number of amides is 1. The number of phenols is 1. The molecule has 0 saturated heterocycles. The number of para-hydroxylation sites is 2. The summed E-state index contributed by atoms with van der Waals surface area (Å²) in [5.41, 5.74) is 0.523. The third kappa shape index (κ3) is 4.18. The monoisotopic (exact) mass is 398 g/mol. The number of rotatable bonds is 4. The Bertz CT molecular complexity index is 1020. The number of carbonyl (C=O) groups is 3. The maximum Gasteiger partial charge on any atom is 0.308 e. The first-order valence-corrected chi connectivity index (χ1v) is 8.61. The van der Waals surface area contributed by atoms with Crippen molar-refractivity contribution in [3.05, 3.63) is 53.6 Å². The molecular formula is C20H18N2O7. The molecule has 1 aliphatic rings. The van der Waals surface area contributed by atoms with Gasteiger partial charge < -0.3 is 19.3 Å². The molecule has 150 valence electrons. The fraction of sp³-hybridized carbons (Fsp3) is 0.200. The lowest BCUT2D eigenvalue weighted by atomic mass is 10.1. The number of ether oxygens (including phenoxy) is 3. The Morgan fingerprint density at radius 3 is 2.31 bits per heavy atom. The average Bonchev–Trinajstić information content (AvgIpc) is 3.08. The third-order valence-corrected chi connectivity index (χ3v) is 3.88. The first-order valence-electron chi connectivity index (χ1n) is 8.61. The predicted molar refractivity (Wildman–Crippen MR) is 100 cm³/mol. The summed E-state index contributed by atoms with van der Waals surface area (Å²) in [5, 5.41) is 15.3. The highest BCUT2D eigenvalue weighted by Gasteiger charge is 2.37. The molecule has 0 unspecified atom stereocenters. The third-order valence-electron chi connectivity index (χ3n) is 3.88. The summed E-state index contributed by atoms with van der Waals surface area (Å²) in [6.45, 7) is 3.68. The van der Waals surface area contributed by atoms with Crippen molar-refractivity contribution in [1.82, 2.24) is 5.01 Å². The minimum absolute atomic E-state index is 0.00619.